The van der Waals surface area contributed by atoms with Gasteiger partial charge in [0.1, 0.15) is 11.9 Å². The lowest BCUT2D eigenvalue weighted by molar-refractivity contribution is -0.555. The van der Waals surface area contributed by atoms with E-state index in [1.54, 1.807) is 20.0 Å². The number of hydrogen-bond donors (Lipinski definition) is 2. The number of hydrogen-bond acceptors (Lipinski definition) is 6. The largest absolute Gasteiger partial charge is 0.572 e. The molecule has 36 heavy (non-hydrogen) atoms. The van der Waals surface area contributed by atoms with Gasteiger partial charge < -0.3 is 19.9 Å². The lowest BCUT2D eigenvalue weighted by atomic mass is 10.1. The number of allylic oxidation sites excluding steroid dienone is 2. The maximum Gasteiger partial charge on any atom is 0.572 e. The highest BCUT2D eigenvalue weighted by Gasteiger charge is 2.33. The number of imidazole rings is 1. The average Bonchev–Trinajstić information content (AvgIpc) is 3.14. The molecule has 0 amide bonds. The molecule has 2 unspecified atom stereocenters. The van der Waals surface area contributed by atoms with Crippen LogP contribution in [-0.2, 0) is 17.7 Å². The van der Waals surface area contributed by atoms with Gasteiger partial charge in [-0.15, -0.1) is 13.2 Å². The van der Waals surface area contributed by atoms with Gasteiger partial charge in [0, 0.05) is 24.3 Å². The molecule has 0 spiro atoms. The van der Waals surface area contributed by atoms with Gasteiger partial charge in [-0.05, 0) is 29.4 Å². The molecule has 1 heterocycles. The zero-order valence-corrected chi connectivity index (χ0v) is 20.6. The maximum absolute atomic E-state index is 12.7. The van der Waals surface area contributed by atoms with Gasteiger partial charge in [0.05, 0.1) is 25.3 Å². The highest BCUT2D eigenvalue weighted by atomic mass is 19.4. The summed E-state index contributed by atoms with van der Waals surface area (Å²) in [7, 11) is 1.70. The van der Waals surface area contributed by atoms with Crippen LogP contribution >= 0.6 is 0 Å². The summed E-state index contributed by atoms with van der Waals surface area (Å²) in [6, 6.07) is 8.14. The number of aromatic nitrogens is 2. The second kappa shape index (κ2) is 12.1. The summed E-state index contributed by atoms with van der Waals surface area (Å²) in [6.45, 7) is 4.47. The molecule has 8 nitrogen and oxygen atoms in total. The molecule has 196 valence electrons. The van der Waals surface area contributed by atoms with Crippen molar-refractivity contribution in [2.24, 2.45) is 5.92 Å². The maximum atomic E-state index is 12.7. The van der Waals surface area contributed by atoms with E-state index in [4.69, 9.17) is 4.74 Å². The lowest BCUT2D eigenvalue weighted by Gasteiger charge is -2.21. The molecule has 0 fully saturated rings. The van der Waals surface area contributed by atoms with Crippen molar-refractivity contribution in [3.63, 3.8) is 0 Å². The second-order valence-corrected chi connectivity index (χ2v) is 8.86. The normalized spacial score (nSPS) is 16.4. The van der Waals surface area contributed by atoms with Crippen LogP contribution in [-0.4, -0.2) is 58.6 Å². The SMILES string of the molecule is CNc1nc(OC2C=CC=C(OC(F)(F)F)C2)n(Cc2ccc(C)cc2)c1CC[N+](=O)CC(C)CO. The quantitative estimate of drug-likeness (QED) is 0.414. The molecule has 3 rings (SSSR count). The van der Waals surface area contributed by atoms with E-state index in [0.717, 1.165) is 21.6 Å². The first kappa shape index (κ1) is 27.3. The number of aliphatic hydroxyl groups is 1. The van der Waals surface area contributed by atoms with Crippen molar-refractivity contribution in [3.8, 4) is 6.01 Å². The van der Waals surface area contributed by atoms with Crippen LogP contribution in [0.3, 0.4) is 0 Å². The zero-order valence-electron chi connectivity index (χ0n) is 20.6. The topological polar surface area (TPSA) is 88.6 Å². The molecule has 0 radical (unpaired) electrons. The van der Waals surface area contributed by atoms with E-state index in [9.17, 15) is 23.2 Å². The Kier molecular flexibility index (Phi) is 9.14. The van der Waals surface area contributed by atoms with E-state index in [1.807, 2.05) is 35.8 Å². The summed E-state index contributed by atoms with van der Waals surface area (Å²) in [5.74, 6) is 0.116. The van der Waals surface area contributed by atoms with Crippen LogP contribution in [0.5, 0.6) is 6.01 Å². The Morgan fingerprint density at radius 1 is 1.31 bits per heavy atom. The van der Waals surface area contributed by atoms with Crippen molar-refractivity contribution < 1.29 is 32.5 Å². The fraction of sp³-hybridized carbons (Fsp3) is 0.480. The Morgan fingerprint density at radius 3 is 2.67 bits per heavy atom. The third-order valence-electron chi connectivity index (χ3n) is 5.67. The number of ether oxygens (including phenoxy) is 2. The molecule has 1 aliphatic rings. The fourth-order valence-corrected chi connectivity index (χ4v) is 3.84. The molecule has 1 aliphatic carbocycles. The van der Waals surface area contributed by atoms with Crippen LogP contribution in [0, 0.1) is 17.7 Å². The van der Waals surface area contributed by atoms with E-state index in [0.29, 0.717) is 18.8 Å². The Hall–Kier alpha value is -3.34. The van der Waals surface area contributed by atoms with Crippen LogP contribution in [0.25, 0.3) is 0 Å². The number of nitrogens with one attached hydrogen (secondary N) is 1. The molecule has 0 saturated heterocycles. The first-order valence-electron chi connectivity index (χ1n) is 11.7. The van der Waals surface area contributed by atoms with Gasteiger partial charge in [-0.3, -0.25) is 4.57 Å². The zero-order chi connectivity index (χ0) is 26.3. The summed E-state index contributed by atoms with van der Waals surface area (Å²) in [4.78, 5) is 16.9. The minimum absolute atomic E-state index is 0.0761. The van der Waals surface area contributed by atoms with Crippen molar-refractivity contribution in [1.29, 1.82) is 0 Å². The molecular formula is C25H32F3N4O4+. The molecular weight excluding hydrogens is 477 g/mol. The Bertz CT molecular complexity index is 1090. The van der Waals surface area contributed by atoms with Crippen LogP contribution in [0.4, 0.5) is 19.0 Å². The van der Waals surface area contributed by atoms with Gasteiger partial charge in [0.2, 0.25) is 0 Å². The summed E-state index contributed by atoms with van der Waals surface area (Å²) in [5.41, 5.74) is 2.81. The van der Waals surface area contributed by atoms with Gasteiger partial charge in [-0.25, -0.2) is 0 Å². The molecule has 11 heteroatoms. The number of nitroso groups, excluding NO2 is 1. The van der Waals surface area contributed by atoms with Crippen LogP contribution in [0.1, 0.15) is 30.2 Å². The molecule has 1 aromatic carbocycles. The van der Waals surface area contributed by atoms with Crippen LogP contribution in [0.15, 0.2) is 48.3 Å². The first-order valence-corrected chi connectivity index (χ1v) is 11.7. The molecule has 0 aliphatic heterocycles. The van der Waals surface area contributed by atoms with Crippen molar-refractivity contribution in [2.75, 3.05) is 32.1 Å². The fourth-order valence-electron chi connectivity index (χ4n) is 3.84. The van der Waals surface area contributed by atoms with Crippen LogP contribution in [0.2, 0.25) is 0 Å². The van der Waals surface area contributed by atoms with Gasteiger partial charge in [0.15, 0.2) is 18.9 Å². The predicted molar refractivity (Wildman–Crippen MR) is 129 cm³/mol. The average molecular weight is 510 g/mol. The van der Waals surface area contributed by atoms with E-state index >= 15 is 0 Å². The number of aliphatic hydroxyl groups excluding tert-OH is 1. The van der Waals surface area contributed by atoms with Gasteiger partial charge in [0.25, 0.3) is 6.01 Å². The summed E-state index contributed by atoms with van der Waals surface area (Å²) in [6.07, 6.45) is -0.899. The summed E-state index contributed by atoms with van der Waals surface area (Å²) < 4.78 is 50.9. The van der Waals surface area contributed by atoms with E-state index in [-0.39, 0.29) is 43.8 Å². The van der Waals surface area contributed by atoms with Crippen molar-refractivity contribution in [1.82, 2.24) is 9.55 Å². The molecule has 0 saturated carbocycles. The third-order valence-corrected chi connectivity index (χ3v) is 5.67. The Balaban J connectivity index is 1.86. The van der Waals surface area contributed by atoms with Gasteiger partial charge >= 0.3 is 6.36 Å². The Labute approximate surface area is 208 Å². The molecule has 2 N–H and O–H groups in total. The first-order chi connectivity index (χ1) is 17.1. The molecule has 0 bridgehead atoms. The number of alkyl halides is 3. The second-order valence-electron chi connectivity index (χ2n) is 8.86. The van der Waals surface area contributed by atoms with E-state index in [2.05, 4.69) is 15.0 Å². The molecule has 2 aromatic rings. The van der Waals surface area contributed by atoms with E-state index < -0.39 is 12.5 Å². The summed E-state index contributed by atoms with van der Waals surface area (Å²) in [5, 5.41) is 12.3. The van der Waals surface area contributed by atoms with Crippen molar-refractivity contribution >= 4 is 5.82 Å². The lowest BCUT2D eigenvalue weighted by Crippen LogP contribution is -2.24. The number of aryl methyl sites for hydroxylation is 1. The molecule has 1 aromatic heterocycles. The highest BCUT2D eigenvalue weighted by molar-refractivity contribution is 5.44. The number of benzene rings is 1. The van der Waals surface area contributed by atoms with Gasteiger partial charge in [-0.2, -0.15) is 4.98 Å². The van der Waals surface area contributed by atoms with Gasteiger partial charge in [-0.1, -0.05) is 42.8 Å². The smallest absolute Gasteiger partial charge is 0.457 e. The standard InChI is InChI=1S/C25H32F3N4O4/c1-17-7-9-19(10-8-17)15-32-22(11-12-31(34)14-18(2)16-33)23(29-3)30-24(32)35-20-5-4-6-21(13-20)36-25(26,27)28/h4-10,18,20,29,33H,11-16H2,1-3H3/q+1. The minimum Gasteiger partial charge on any atom is -0.457 e. The monoisotopic (exact) mass is 509 g/mol. The highest BCUT2D eigenvalue weighted by Crippen LogP contribution is 2.30. The van der Waals surface area contributed by atoms with Crippen molar-refractivity contribution in [3.05, 3.63) is 70.0 Å². The Morgan fingerprint density at radius 2 is 2.03 bits per heavy atom. The number of nitrogens with zero attached hydrogens (tertiary/aromatic N) is 3. The number of halogens is 3. The van der Waals surface area contributed by atoms with Crippen LogP contribution < -0.4 is 10.1 Å². The number of anilines is 1. The number of rotatable bonds is 12. The molecule has 2 atom stereocenters. The third kappa shape index (κ3) is 7.84. The minimum atomic E-state index is -4.78. The van der Waals surface area contributed by atoms with E-state index in [1.165, 1.54) is 12.2 Å². The predicted octanol–water partition coefficient (Wildman–Crippen LogP) is 4.36. The van der Waals surface area contributed by atoms with Crippen molar-refractivity contribution in [2.45, 2.75) is 45.7 Å². The summed E-state index contributed by atoms with van der Waals surface area (Å²) >= 11 is 0.